The number of benzene rings is 1. The second-order valence-corrected chi connectivity index (χ2v) is 5.55. The molecule has 0 aromatic heterocycles. The van der Waals surface area contributed by atoms with Gasteiger partial charge in [0.1, 0.15) is 0 Å². The first-order valence-corrected chi connectivity index (χ1v) is 6.17. The summed E-state index contributed by atoms with van der Waals surface area (Å²) in [7, 11) is 0. The maximum Gasteiger partial charge on any atom is 0.0500 e. The van der Waals surface area contributed by atoms with Gasteiger partial charge in [0, 0.05) is 16.7 Å². The van der Waals surface area contributed by atoms with Gasteiger partial charge in [-0.2, -0.15) is 0 Å². The van der Waals surface area contributed by atoms with Crippen LogP contribution in [0.3, 0.4) is 0 Å². The van der Waals surface area contributed by atoms with Crippen molar-refractivity contribution in [3.63, 3.8) is 0 Å². The Labute approximate surface area is 99.4 Å². The molecular weight excluding hydrogens is 252 g/mol. The molecule has 0 bridgehead atoms. The number of nitrogens with two attached hydrogens (primary N) is 1. The third-order valence-corrected chi connectivity index (χ3v) is 3.60. The Kier molecular flexibility index (Phi) is 3.03. The van der Waals surface area contributed by atoms with Crippen molar-refractivity contribution in [2.24, 2.45) is 11.7 Å². The SMILES string of the molecule is CC1CC(CN)(Nc2cccc(Br)c2)C1. The third-order valence-electron chi connectivity index (χ3n) is 3.10. The summed E-state index contributed by atoms with van der Waals surface area (Å²) in [4.78, 5) is 0. The number of rotatable bonds is 3. The molecule has 2 nitrogen and oxygen atoms in total. The minimum atomic E-state index is 0.139. The van der Waals surface area contributed by atoms with Crippen LogP contribution in [0, 0.1) is 5.92 Å². The maximum atomic E-state index is 5.84. The summed E-state index contributed by atoms with van der Waals surface area (Å²) in [5.41, 5.74) is 7.14. The fraction of sp³-hybridized carbons (Fsp3) is 0.500. The molecule has 0 atom stereocenters. The normalized spacial score (nSPS) is 29.7. The van der Waals surface area contributed by atoms with Crippen LogP contribution in [0.1, 0.15) is 19.8 Å². The molecule has 0 radical (unpaired) electrons. The molecule has 82 valence electrons. The summed E-state index contributed by atoms with van der Waals surface area (Å²) < 4.78 is 1.10. The fourth-order valence-corrected chi connectivity index (χ4v) is 2.87. The van der Waals surface area contributed by atoms with E-state index in [0.29, 0.717) is 6.54 Å². The lowest BCUT2D eigenvalue weighted by Crippen LogP contribution is -2.54. The van der Waals surface area contributed by atoms with Gasteiger partial charge in [0.05, 0.1) is 5.54 Å². The van der Waals surface area contributed by atoms with Crippen LogP contribution in [0.5, 0.6) is 0 Å². The van der Waals surface area contributed by atoms with Crippen LogP contribution >= 0.6 is 15.9 Å². The second-order valence-electron chi connectivity index (χ2n) is 4.63. The number of hydrogen-bond donors (Lipinski definition) is 2. The molecule has 0 amide bonds. The van der Waals surface area contributed by atoms with Crippen LogP contribution in [-0.4, -0.2) is 12.1 Å². The smallest absolute Gasteiger partial charge is 0.0500 e. The average Bonchev–Trinajstić information content (AvgIpc) is 2.15. The molecule has 0 unspecified atom stereocenters. The van der Waals surface area contributed by atoms with Crippen molar-refractivity contribution in [1.82, 2.24) is 0 Å². The van der Waals surface area contributed by atoms with E-state index in [0.717, 1.165) is 16.1 Å². The molecule has 0 aliphatic heterocycles. The monoisotopic (exact) mass is 268 g/mol. The van der Waals surface area contributed by atoms with E-state index in [2.05, 4.69) is 40.3 Å². The van der Waals surface area contributed by atoms with E-state index in [1.807, 2.05) is 12.1 Å². The molecule has 1 saturated carbocycles. The molecule has 0 saturated heterocycles. The first-order valence-electron chi connectivity index (χ1n) is 5.37. The molecule has 2 rings (SSSR count). The second kappa shape index (κ2) is 4.14. The van der Waals surface area contributed by atoms with E-state index in [-0.39, 0.29) is 5.54 Å². The topological polar surface area (TPSA) is 38.0 Å². The van der Waals surface area contributed by atoms with Crippen molar-refractivity contribution in [3.8, 4) is 0 Å². The summed E-state index contributed by atoms with van der Waals surface area (Å²) in [5, 5.41) is 3.56. The highest BCUT2D eigenvalue weighted by atomic mass is 79.9. The minimum absolute atomic E-state index is 0.139. The van der Waals surface area contributed by atoms with Gasteiger partial charge in [-0.25, -0.2) is 0 Å². The van der Waals surface area contributed by atoms with Crippen molar-refractivity contribution in [2.45, 2.75) is 25.3 Å². The van der Waals surface area contributed by atoms with E-state index in [4.69, 9.17) is 5.73 Å². The van der Waals surface area contributed by atoms with E-state index in [1.165, 1.54) is 12.8 Å². The van der Waals surface area contributed by atoms with Crippen LogP contribution in [0.4, 0.5) is 5.69 Å². The molecule has 1 fully saturated rings. The maximum absolute atomic E-state index is 5.84. The summed E-state index contributed by atoms with van der Waals surface area (Å²) >= 11 is 3.47. The number of nitrogens with one attached hydrogen (secondary N) is 1. The lowest BCUT2D eigenvalue weighted by atomic mass is 9.69. The minimum Gasteiger partial charge on any atom is -0.378 e. The predicted octanol–water partition coefficient (Wildman–Crippen LogP) is 2.99. The number of anilines is 1. The van der Waals surface area contributed by atoms with Gasteiger partial charge in [0.15, 0.2) is 0 Å². The highest BCUT2D eigenvalue weighted by Crippen LogP contribution is 2.39. The standard InChI is InChI=1S/C12H17BrN2/c1-9-6-12(7-9,8-14)15-11-4-2-3-10(13)5-11/h2-5,9,15H,6-8,14H2,1H3. The van der Waals surface area contributed by atoms with Gasteiger partial charge >= 0.3 is 0 Å². The van der Waals surface area contributed by atoms with Crippen molar-refractivity contribution in [2.75, 3.05) is 11.9 Å². The highest BCUT2D eigenvalue weighted by Gasteiger charge is 2.40. The van der Waals surface area contributed by atoms with Gasteiger partial charge < -0.3 is 11.1 Å². The highest BCUT2D eigenvalue weighted by molar-refractivity contribution is 9.10. The third kappa shape index (κ3) is 2.34. The van der Waals surface area contributed by atoms with E-state index < -0.39 is 0 Å². The molecule has 1 aromatic carbocycles. The van der Waals surface area contributed by atoms with Gasteiger partial charge in [-0.3, -0.25) is 0 Å². The quantitative estimate of drug-likeness (QED) is 0.885. The van der Waals surface area contributed by atoms with Gasteiger partial charge in [-0.05, 0) is 37.0 Å². The lowest BCUT2D eigenvalue weighted by Gasteiger charge is -2.47. The van der Waals surface area contributed by atoms with E-state index in [9.17, 15) is 0 Å². The Morgan fingerprint density at radius 1 is 1.53 bits per heavy atom. The van der Waals surface area contributed by atoms with E-state index in [1.54, 1.807) is 0 Å². The molecule has 1 aromatic rings. The lowest BCUT2D eigenvalue weighted by molar-refractivity contribution is 0.194. The van der Waals surface area contributed by atoms with Gasteiger partial charge in [-0.15, -0.1) is 0 Å². The van der Waals surface area contributed by atoms with Crippen LogP contribution in [0.25, 0.3) is 0 Å². The Balaban J connectivity index is 2.07. The number of halogens is 1. The van der Waals surface area contributed by atoms with Crippen molar-refractivity contribution < 1.29 is 0 Å². The molecule has 3 N–H and O–H groups in total. The molecular formula is C12H17BrN2. The van der Waals surface area contributed by atoms with Crippen LogP contribution in [-0.2, 0) is 0 Å². The summed E-state index contributed by atoms with van der Waals surface area (Å²) in [6, 6.07) is 8.26. The van der Waals surface area contributed by atoms with Crippen LogP contribution in [0.2, 0.25) is 0 Å². The van der Waals surface area contributed by atoms with Crippen LogP contribution in [0.15, 0.2) is 28.7 Å². The predicted molar refractivity (Wildman–Crippen MR) is 67.9 cm³/mol. The zero-order valence-corrected chi connectivity index (χ0v) is 10.5. The molecule has 0 spiro atoms. The van der Waals surface area contributed by atoms with Crippen molar-refractivity contribution >= 4 is 21.6 Å². The number of hydrogen-bond acceptors (Lipinski definition) is 2. The zero-order valence-electron chi connectivity index (χ0n) is 8.96. The summed E-state index contributed by atoms with van der Waals surface area (Å²) in [6.07, 6.45) is 2.35. The largest absolute Gasteiger partial charge is 0.378 e. The Morgan fingerprint density at radius 2 is 2.27 bits per heavy atom. The molecule has 1 aliphatic carbocycles. The van der Waals surface area contributed by atoms with Crippen molar-refractivity contribution in [3.05, 3.63) is 28.7 Å². The Bertz CT molecular complexity index is 345. The molecule has 0 heterocycles. The first kappa shape index (κ1) is 11.0. The fourth-order valence-electron chi connectivity index (χ4n) is 2.47. The Morgan fingerprint density at radius 3 is 2.80 bits per heavy atom. The van der Waals surface area contributed by atoms with Gasteiger partial charge in [0.2, 0.25) is 0 Å². The first-order chi connectivity index (χ1) is 7.13. The summed E-state index contributed by atoms with van der Waals surface area (Å²) in [6.45, 7) is 2.99. The molecule has 3 heteroatoms. The average molecular weight is 269 g/mol. The Hall–Kier alpha value is -0.540. The molecule has 15 heavy (non-hydrogen) atoms. The molecule has 1 aliphatic rings. The summed E-state index contributed by atoms with van der Waals surface area (Å²) in [5.74, 6) is 0.799. The van der Waals surface area contributed by atoms with Crippen LogP contribution < -0.4 is 11.1 Å². The van der Waals surface area contributed by atoms with Gasteiger partial charge in [0.25, 0.3) is 0 Å². The van der Waals surface area contributed by atoms with Crippen molar-refractivity contribution in [1.29, 1.82) is 0 Å². The van der Waals surface area contributed by atoms with E-state index >= 15 is 0 Å². The van der Waals surface area contributed by atoms with Gasteiger partial charge in [-0.1, -0.05) is 28.9 Å². The zero-order chi connectivity index (χ0) is 10.9.